The predicted octanol–water partition coefficient (Wildman–Crippen LogP) is 2.25. The van der Waals surface area contributed by atoms with Crippen LogP contribution in [0.2, 0.25) is 0 Å². The molecule has 2 rings (SSSR count). The molecule has 0 aliphatic rings. The van der Waals surface area contributed by atoms with Gasteiger partial charge in [0.25, 0.3) is 0 Å². The number of hydrogen-bond acceptors (Lipinski definition) is 5. The van der Waals surface area contributed by atoms with Crippen molar-refractivity contribution in [2.45, 2.75) is 25.4 Å². The molecule has 0 aliphatic carbocycles. The lowest BCUT2D eigenvalue weighted by Crippen LogP contribution is -2.34. The Balaban J connectivity index is 2.30. The monoisotopic (exact) mass is 384 g/mol. The smallest absolute Gasteiger partial charge is 0.328 e. The molecule has 0 fully saturated rings. The molecule has 0 unspecified atom stereocenters. The van der Waals surface area contributed by atoms with Gasteiger partial charge in [0, 0.05) is 6.07 Å². The van der Waals surface area contributed by atoms with Crippen LogP contribution < -0.4 is 16.2 Å². The number of rotatable bonds is 6. The maximum absolute atomic E-state index is 14.5. The Morgan fingerprint density at radius 2 is 1.70 bits per heavy atom. The summed E-state index contributed by atoms with van der Waals surface area (Å²) in [6.07, 6.45) is -0.451. The lowest BCUT2D eigenvalue weighted by Gasteiger charge is -2.14. The predicted molar refractivity (Wildman–Crippen MR) is 88.0 cm³/mol. The largest absolute Gasteiger partial charge is 0.422 e. The molecule has 0 saturated heterocycles. The van der Waals surface area contributed by atoms with Gasteiger partial charge in [-0.15, -0.1) is 0 Å². The third-order valence-electron chi connectivity index (χ3n) is 3.64. The first kappa shape index (κ1) is 20.5. The van der Waals surface area contributed by atoms with E-state index in [9.17, 15) is 27.2 Å². The number of nitrogens with two attached hydrogens (primary N) is 2. The number of carbonyl (C=O) groups is 2. The summed E-state index contributed by atoms with van der Waals surface area (Å²) in [5.74, 6) is -6.86. The third-order valence-corrected chi connectivity index (χ3v) is 3.64. The number of halogens is 4. The Morgan fingerprint density at radius 3 is 2.33 bits per heavy atom. The summed E-state index contributed by atoms with van der Waals surface area (Å²) in [6, 6.07) is 1.14. The van der Waals surface area contributed by atoms with E-state index in [1.165, 1.54) is 6.92 Å². The Morgan fingerprint density at radius 1 is 1.04 bits per heavy atom. The quantitative estimate of drug-likeness (QED) is 0.345. The summed E-state index contributed by atoms with van der Waals surface area (Å²) in [5, 5.41) is 0. The van der Waals surface area contributed by atoms with Crippen molar-refractivity contribution >= 4 is 11.8 Å². The van der Waals surface area contributed by atoms with Gasteiger partial charge in [0.1, 0.15) is 23.5 Å². The van der Waals surface area contributed by atoms with Crippen LogP contribution >= 0.6 is 0 Å². The van der Waals surface area contributed by atoms with Gasteiger partial charge in [0.15, 0.2) is 17.3 Å². The van der Waals surface area contributed by atoms with Gasteiger partial charge in [-0.2, -0.15) is 0 Å². The highest BCUT2D eigenvalue weighted by atomic mass is 19.1. The molecule has 0 aliphatic heterocycles. The summed E-state index contributed by atoms with van der Waals surface area (Å²) >= 11 is 0. The molecule has 4 N–H and O–H groups in total. The Hall–Kier alpha value is -2.78. The van der Waals surface area contributed by atoms with Gasteiger partial charge in [-0.1, -0.05) is 0 Å². The number of esters is 1. The summed E-state index contributed by atoms with van der Waals surface area (Å²) in [6.45, 7) is 1.27. The molecule has 0 bridgehead atoms. The van der Waals surface area contributed by atoms with Gasteiger partial charge in [-0.05, 0) is 43.2 Å². The molecule has 144 valence electrons. The van der Waals surface area contributed by atoms with Crippen LogP contribution in [0.15, 0.2) is 30.3 Å². The maximum Gasteiger partial charge on any atom is 0.328 e. The minimum atomic E-state index is -1.49. The topological polar surface area (TPSA) is 95.4 Å². The molecule has 9 heteroatoms. The minimum Gasteiger partial charge on any atom is -0.422 e. The zero-order valence-corrected chi connectivity index (χ0v) is 14.1. The maximum atomic E-state index is 14.5. The third kappa shape index (κ3) is 4.89. The molecule has 5 nitrogen and oxygen atoms in total. The van der Waals surface area contributed by atoms with Gasteiger partial charge in [0.05, 0.1) is 11.6 Å². The van der Waals surface area contributed by atoms with Crippen LogP contribution in [0.3, 0.4) is 0 Å². The number of benzene rings is 2. The number of ketones is 1. The highest BCUT2D eigenvalue weighted by Gasteiger charge is 2.25. The van der Waals surface area contributed by atoms with E-state index >= 15 is 0 Å². The van der Waals surface area contributed by atoms with Crippen LogP contribution in [-0.2, 0) is 11.2 Å². The number of Topliss-reactive ketones (excluding diaryl/α,β-unsaturated/α-hetero) is 1. The molecule has 0 spiro atoms. The molecule has 2 atom stereocenters. The average molecular weight is 384 g/mol. The SMILES string of the molecule is C[C@H](N)C(=O)Oc1cc(F)cc(C(=O)[C@@H](N)Cc2cc(F)ccc2F)c1F. The molecule has 0 heterocycles. The first-order chi connectivity index (χ1) is 12.6. The second-order valence-electron chi connectivity index (χ2n) is 5.89. The van der Waals surface area contributed by atoms with E-state index in [1.807, 2.05) is 0 Å². The molecule has 0 amide bonds. The zero-order chi connectivity index (χ0) is 20.3. The molecule has 0 aromatic heterocycles. The number of carbonyl (C=O) groups excluding carboxylic acids is 2. The lowest BCUT2D eigenvalue weighted by molar-refractivity contribution is -0.135. The lowest BCUT2D eigenvalue weighted by atomic mass is 9.97. The zero-order valence-electron chi connectivity index (χ0n) is 14.1. The van der Waals surface area contributed by atoms with E-state index in [2.05, 4.69) is 4.74 Å². The molecule has 27 heavy (non-hydrogen) atoms. The standard InChI is InChI=1S/C18H16F4N2O3/c1-8(23)18(26)27-15-7-11(20)6-12(16(15)22)17(25)14(24)5-9-4-10(19)2-3-13(9)21/h2-4,6-8,14H,5,23-24H2,1H3/t8-,14-/m0/s1. The van der Waals surface area contributed by atoms with Crippen molar-refractivity contribution in [3.63, 3.8) is 0 Å². The van der Waals surface area contributed by atoms with E-state index < -0.39 is 64.8 Å². The molecule has 2 aromatic carbocycles. The van der Waals surface area contributed by atoms with E-state index in [0.29, 0.717) is 12.1 Å². The Bertz CT molecular complexity index is 887. The number of hydrogen-bond donors (Lipinski definition) is 2. The first-order valence-electron chi connectivity index (χ1n) is 7.80. The normalized spacial score (nSPS) is 13.1. The summed E-state index contributed by atoms with van der Waals surface area (Å²) < 4.78 is 59.7. The Labute approximate surface area is 151 Å². The van der Waals surface area contributed by atoms with Crippen molar-refractivity contribution in [2.75, 3.05) is 0 Å². The van der Waals surface area contributed by atoms with Crippen LogP contribution in [0.5, 0.6) is 5.75 Å². The van der Waals surface area contributed by atoms with Gasteiger partial charge >= 0.3 is 5.97 Å². The minimum absolute atomic E-state index is 0.198. The van der Waals surface area contributed by atoms with Crippen LogP contribution in [0.4, 0.5) is 17.6 Å². The van der Waals surface area contributed by atoms with Crippen molar-refractivity contribution in [1.29, 1.82) is 0 Å². The van der Waals surface area contributed by atoms with Crippen LogP contribution in [0.1, 0.15) is 22.8 Å². The van der Waals surface area contributed by atoms with Crippen molar-refractivity contribution < 1.29 is 31.9 Å². The first-order valence-corrected chi connectivity index (χ1v) is 7.80. The molecular formula is C18H16F4N2O3. The average Bonchev–Trinajstić information content (AvgIpc) is 2.60. The summed E-state index contributed by atoms with van der Waals surface area (Å²) in [7, 11) is 0. The fraction of sp³-hybridized carbons (Fsp3) is 0.222. The number of ether oxygens (including phenoxy) is 1. The van der Waals surface area contributed by atoms with Crippen molar-refractivity contribution in [3.05, 3.63) is 64.7 Å². The van der Waals surface area contributed by atoms with Crippen molar-refractivity contribution in [2.24, 2.45) is 11.5 Å². The van der Waals surface area contributed by atoms with Crippen LogP contribution in [0.25, 0.3) is 0 Å². The fourth-order valence-electron chi connectivity index (χ4n) is 2.25. The Kier molecular flexibility index (Phi) is 6.29. The molecular weight excluding hydrogens is 368 g/mol. The second kappa shape index (κ2) is 8.28. The van der Waals surface area contributed by atoms with Crippen LogP contribution in [0, 0.1) is 23.3 Å². The van der Waals surface area contributed by atoms with Gasteiger partial charge in [-0.25, -0.2) is 22.4 Å². The van der Waals surface area contributed by atoms with Gasteiger partial charge < -0.3 is 16.2 Å². The van der Waals surface area contributed by atoms with E-state index in [4.69, 9.17) is 11.5 Å². The molecule has 0 radical (unpaired) electrons. The fourth-order valence-corrected chi connectivity index (χ4v) is 2.25. The summed E-state index contributed by atoms with van der Waals surface area (Å²) in [5.41, 5.74) is 9.97. The van der Waals surface area contributed by atoms with Gasteiger partial charge in [-0.3, -0.25) is 4.79 Å². The highest BCUT2D eigenvalue weighted by molar-refractivity contribution is 6.00. The van der Waals surface area contributed by atoms with Crippen LogP contribution in [-0.4, -0.2) is 23.8 Å². The van der Waals surface area contributed by atoms with Gasteiger partial charge in [0.2, 0.25) is 0 Å². The van der Waals surface area contributed by atoms with Crippen molar-refractivity contribution in [1.82, 2.24) is 0 Å². The van der Waals surface area contributed by atoms with Crippen molar-refractivity contribution in [3.8, 4) is 5.75 Å². The summed E-state index contributed by atoms with van der Waals surface area (Å²) in [4.78, 5) is 23.9. The molecule has 2 aromatic rings. The van der Waals surface area contributed by atoms with E-state index in [-0.39, 0.29) is 5.56 Å². The highest BCUT2D eigenvalue weighted by Crippen LogP contribution is 2.25. The van der Waals surface area contributed by atoms with E-state index in [0.717, 1.165) is 18.2 Å². The van der Waals surface area contributed by atoms with E-state index in [1.54, 1.807) is 0 Å². The molecule has 0 saturated carbocycles. The second-order valence-corrected chi connectivity index (χ2v) is 5.89.